The fraction of sp³-hybridized carbons (Fsp3) is 0.759. The van der Waals surface area contributed by atoms with E-state index in [1.165, 1.54) is 6.92 Å². The molecule has 0 aromatic rings. The summed E-state index contributed by atoms with van der Waals surface area (Å²) in [5.41, 5.74) is 11.3. The second kappa shape index (κ2) is 20.3. The third-order valence-corrected chi connectivity index (χ3v) is 7.33. The Morgan fingerprint density at radius 1 is 0.644 bits per heavy atom. The normalized spacial score (nSPS) is 15.9. The van der Waals surface area contributed by atoms with Crippen LogP contribution in [-0.2, 0) is 33.6 Å². The molecule has 0 unspecified atom stereocenters. The standard InChI is InChI=1S/C29H53N7O9/c1-8-16(6)23(36-25(40)18(31)13-20(37)38)28(43)33-19(11-9-10-12-30)26(41)34-21(14(2)3)27(42)32-17(7)24(39)35-22(15(4)5)29(44)45/h14-19,21-23H,8-13,30-31H2,1-7H3,(H,32,42)(H,33,43)(H,34,41)(H,35,39)(H,36,40)(H,37,38)(H,44,45)/t16-,17-,18-,19-,21-,22-,23-/m0/s1. The number of hydrogen-bond donors (Lipinski definition) is 9. The number of nitrogens with two attached hydrogens (primary N) is 2. The van der Waals surface area contributed by atoms with Crippen LogP contribution in [0, 0.1) is 17.8 Å². The zero-order valence-electron chi connectivity index (χ0n) is 27.3. The molecule has 0 radical (unpaired) electrons. The highest BCUT2D eigenvalue weighted by atomic mass is 16.4. The molecule has 5 amide bonds. The quantitative estimate of drug-likeness (QED) is 0.0670. The Bertz CT molecular complexity index is 1040. The molecule has 0 bridgehead atoms. The van der Waals surface area contributed by atoms with E-state index < -0.39 is 102 Å². The van der Waals surface area contributed by atoms with Crippen molar-refractivity contribution in [3.05, 3.63) is 0 Å². The number of amides is 5. The summed E-state index contributed by atoms with van der Waals surface area (Å²) in [6.07, 6.45) is 0.980. The molecular weight excluding hydrogens is 590 g/mol. The second-order valence-corrected chi connectivity index (χ2v) is 12.0. The summed E-state index contributed by atoms with van der Waals surface area (Å²) in [6.45, 7) is 11.8. The summed E-state index contributed by atoms with van der Waals surface area (Å²) >= 11 is 0. The van der Waals surface area contributed by atoms with Crippen molar-refractivity contribution in [3.63, 3.8) is 0 Å². The van der Waals surface area contributed by atoms with Crippen molar-refractivity contribution in [1.82, 2.24) is 26.6 Å². The molecule has 0 saturated carbocycles. The van der Waals surface area contributed by atoms with E-state index in [1.54, 1.807) is 41.5 Å². The molecule has 0 spiro atoms. The van der Waals surface area contributed by atoms with E-state index in [-0.39, 0.29) is 6.42 Å². The van der Waals surface area contributed by atoms with E-state index in [1.807, 2.05) is 0 Å². The minimum absolute atomic E-state index is 0.158. The number of carbonyl (C=O) groups excluding carboxylic acids is 5. The van der Waals surface area contributed by atoms with Crippen molar-refractivity contribution in [2.75, 3.05) is 6.54 Å². The maximum Gasteiger partial charge on any atom is 0.326 e. The molecule has 0 aromatic carbocycles. The first-order chi connectivity index (χ1) is 20.9. The molecule has 0 aliphatic rings. The number of carboxylic acid groups (broad SMARTS) is 2. The Morgan fingerprint density at radius 3 is 1.62 bits per heavy atom. The molecule has 0 aliphatic carbocycles. The molecule has 0 fully saturated rings. The molecule has 0 heterocycles. The van der Waals surface area contributed by atoms with Gasteiger partial charge >= 0.3 is 11.9 Å². The summed E-state index contributed by atoms with van der Waals surface area (Å²) < 4.78 is 0. The van der Waals surface area contributed by atoms with Crippen LogP contribution < -0.4 is 38.1 Å². The van der Waals surface area contributed by atoms with E-state index in [0.29, 0.717) is 25.8 Å². The third-order valence-electron chi connectivity index (χ3n) is 7.33. The number of carboxylic acids is 2. The van der Waals surface area contributed by atoms with Gasteiger partial charge in [0.25, 0.3) is 0 Å². The topological polar surface area (TPSA) is 272 Å². The molecule has 7 atom stereocenters. The second-order valence-electron chi connectivity index (χ2n) is 12.0. The van der Waals surface area contributed by atoms with Gasteiger partial charge in [-0.3, -0.25) is 28.8 Å². The number of aliphatic carboxylic acids is 2. The zero-order chi connectivity index (χ0) is 35.0. The fourth-order valence-electron chi connectivity index (χ4n) is 4.22. The lowest BCUT2D eigenvalue weighted by Crippen LogP contribution is -2.60. The predicted molar refractivity (Wildman–Crippen MR) is 165 cm³/mol. The van der Waals surface area contributed by atoms with E-state index in [2.05, 4.69) is 26.6 Å². The summed E-state index contributed by atoms with van der Waals surface area (Å²) in [7, 11) is 0. The minimum atomic E-state index is -1.39. The van der Waals surface area contributed by atoms with Gasteiger partial charge in [0.1, 0.15) is 30.2 Å². The lowest BCUT2D eigenvalue weighted by molar-refractivity contribution is -0.143. The van der Waals surface area contributed by atoms with Gasteiger partial charge < -0.3 is 48.3 Å². The van der Waals surface area contributed by atoms with Crippen LogP contribution in [0.25, 0.3) is 0 Å². The maximum atomic E-state index is 13.5. The Hall–Kier alpha value is -3.79. The zero-order valence-corrected chi connectivity index (χ0v) is 27.3. The Kier molecular flexibility index (Phi) is 18.6. The summed E-state index contributed by atoms with van der Waals surface area (Å²) in [4.78, 5) is 87.6. The molecule has 0 rings (SSSR count). The van der Waals surface area contributed by atoms with Crippen molar-refractivity contribution in [2.45, 2.75) is 117 Å². The summed E-state index contributed by atoms with van der Waals surface area (Å²) in [6, 6.07) is -7.05. The van der Waals surface area contributed by atoms with Gasteiger partial charge in [-0.05, 0) is 50.5 Å². The summed E-state index contributed by atoms with van der Waals surface area (Å²) in [5.74, 6) is -7.38. The molecule has 258 valence electrons. The first kappa shape index (κ1) is 41.2. The van der Waals surface area contributed by atoms with Crippen LogP contribution in [0.1, 0.15) is 80.6 Å². The van der Waals surface area contributed by atoms with E-state index in [0.717, 1.165) is 0 Å². The number of carbonyl (C=O) groups is 7. The molecule has 0 aliphatic heterocycles. The number of rotatable bonds is 21. The highest BCUT2D eigenvalue weighted by Gasteiger charge is 2.34. The Labute approximate surface area is 264 Å². The average molecular weight is 644 g/mol. The van der Waals surface area contributed by atoms with Crippen LogP contribution in [0.4, 0.5) is 0 Å². The van der Waals surface area contributed by atoms with Crippen LogP contribution in [0.3, 0.4) is 0 Å². The highest BCUT2D eigenvalue weighted by Crippen LogP contribution is 2.12. The van der Waals surface area contributed by atoms with Crippen molar-refractivity contribution >= 4 is 41.5 Å². The number of nitrogens with one attached hydrogen (secondary N) is 5. The first-order valence-corrected chi connectivity index (χ1v) is 15.3. The van der Waals surface area contributed by atoms with Gasteiger partial charge in [0.15, 0.2) is 0 Å². The van der Waals surface area contributed by atoms with Gasteiger partial charge in [0.05, 0.1) is 12.5 Å². The monoisotopic (exact) mass is 643 g/mol. The molecular formula is C29H53N7O9. The van der Waals surface area contributed by atoms with E-state index >= 15 is 0 Å². The van der Waals surface area contributed by atoms with E-state index in [4.69, 9.17) is 16.6 Å². The van der Waals surface area contributed by atoms with Crippen molar-refractivity contribution in [2.24, 2.45) is 29.2 Å². The van der Waals surface area contributed by atoms with Gasteiger partial charge in [-0.1, -0.05) is 48.0 Å². The minimum Gasteiger partial charge on any atom is -0.481 e. The number of unbranched alkanes of at least 4 members (excludes halogenated alkanes) is 1. The smallest absolute Gasteiger partial charge is 0.326 e. The van der Waals surface area contributed by atoms with Gasteiger partial charge in [-0.2, -0.15) is 0 Å². The van der Waals surface area contributed by atoms with Crippen molar-refractivity contribution in [3.8, 4) is 0 Å². The van der Waals surface area contributed by atoms with Crippen LogP contribution in [-0.4, -0.2) is 94.5 Å². The van der Waals surface area contributed by atoms with Crippen LogP contribution in [0.2, 0.25) is 0 Å². The van der Waals surface area contributed by atoms with Gasteiger partial charge in [0.2, 0.25) is 29.5 Å². The molecule has 0 aromatic heterocycles. The maximum absolute atomic E-state index is 13.5. The van der Waals surface area contributed by atoms with Gasteiger partial charge in [-0.25, -0.2) is 4.79 Å². The van der Waals surface area contributed by atoms with Crippen LogP contribution in [0.5, 0.6) is 0 Å². The largest absolute Gasteiger partial charge is 0.481 e. The highest BCUT2D eigenvalue weighted by molar-refractivity contribution is 5.96. The predicted octanol–water partition coefficient (Wildman–Crippen LogP) is -1.20. The van der Waals surface area contributed by atoms with Gasteiger partial charge in [0, 0.05) is 0 Å². The van der Waals surface area contributed by atoms with Crippen LogP contribution in [0.15, 0.2) is 0 Å². The number of hydrogen-bond acceptors (Lipinski definition) is 9. The lowest BCUT2D eigenvalue weighted by atomic mass is 9.96. The average Bonchev–Trinajstić information content (AvgIpc) is 2.94. The molecule has 16 nitrogen and oxygen atoms in total. The first-order valence-electron chi connectivity index (χ1n) is 15.3. The van der Waals surface area contributed by atoms with Crippen molar-refractivity contribution in [1.29, 1.82) is 0 Å². The third kappa shape index (κ3) is 14.7. The van der Waals surface area contributed by atoms with E-state index in [9.17, 15) is 38.7 Å². The Morgan fingerprint density at radius 2 is 1.16 bits per heavy atom. The molecule has 16 heteroatoms. The SMILES string of the molecule is CC[C@H](C)[C@H](NC(=O)[C@@H](N)CC(=O)O)C(=O)N[C@@H](CCCCN)C(=O)N[C@H](C(=O)N[C@@H](C)C(=O)N[C@H](C(=O)O)C(C)C)C(C)C. The van der Waals surface area contributed by atoms with Crippen LogP contribution >= 0.6 is 0 Å². The summed E-state index contributed by atoms with van der Waals surface area (Å²) in [5, 5.41) is 31.0. The molecule has 0 saturated heterocycles. The fourth-order valence-corrected chi connectivity index (χ4v) is 4.22. The Balaban J connectivity index is 5.85. The molecule has 11 N–H and O–H groups in total. The van der Waals surface area contributed by atoms with Crippen molar-refractivity contribution < 1.29 is 43.8 Å². The lowest BCUT2D eigenvalue weighted by Gasteiger charge is -2.29. The van der Waals surface area contributed by atoms with Gasteiger partial charge in [-0.15, -0.1) is 0 Å². The molecule has 45 heavy (non-hydrogen) atoms.